The molecule has 0 fully saturated rings. The minimum absolute atomic E-state index is 0.0269. The Kier molecular flexibility index (Phi) is 21.4. The first-order valence-electron chi connectivity index (χ1n) is 13.3. The Bertz CT molecular complexity index is 514. The predicted molar refractivity (Wildman–Crippen MR) is 134 cm³/mol. The van der Waals surface area contributed by atoms with Crippen molar-refractivity contribution in [2.45, 2.75) is 103 Å². The van der Waals surface area contributed by atoms with Gasteiger partial charge in [-0.3, -0.25) is 9.36 Å². The largest absolute Gasteiger partial charge is 0.756 e. The second-order valence-electron chi connectivity index (χ2n) is 10.1. The summed E-state index contributed by atoms with van der Waals surface area (Å²) in [5, 5.41) is 0. The summed E-state index contributed by atoms with van der Waals surface area (Å²) < 4.78 is 32.5. The molecule has 0 N–H and O–H groups in total. The van der Waals surface area contributed by atoms with Gasteiger partial charge in [0, 0.05) is 6.61 Å². The summed E-state index contributed by atoms with van der Waals surface area (Å²) in [6.07, 6.45) is 17.3. The Morgan fingerprint density at radius 1 is 0.765 bits per heavy atom. The van der Waals surface area contributed by atoms with Gasteiger partial charge < -0.3 is 27.9 Å². The van der Waals surface area contributed by atoms with Crippen molar-refractivity contribution in [3.63, 3.8) is 0 Å². The lowest BCUT2D eigenvalue weighted by Crippen LogP contribution is -2.37. The molecular formula is C25H52NO7P. The third-order valence-electron chi connectivity index (χ3n) is 5.62. The molecule has 0 heterocycles. The van der Waals surface area contributed by atoms with E-state index in [1.807, 2.05) is 21.1 Å². The Labute approximate surface area is 208 Å². The van der Waals surface area contributed by atoms with Crippen molar-refractivity contribution in [3.05, 3.63) is 0 Å². The van der Waals surface area contributed by atoms with Gasteiger partial charge in [-0.05, 0) is 6.42 Å². The lowest BCUT2D eigenvalue weighted by Gasteiger charge is -2.28. The maximum atomic E-state index is 11.8. The number of ether oxygens (including phenoxy) is 2. The molecule has 0 saturated carbocycles. The molecule has 0 aromatic rings. The summed E-state index contributed by atoms with van der Waals surface area (Å²) >= 11 is 0. The number of carbonyl (C=O) groups excluding carboxylic acids is 1. The van der Waals surface area contributed by atoms with Gasteiger partial charge >= 0.3 is 0 Å². The zero-order valence-corrected chi connectivity index (χ0v) is 23.2. The fourth-order valence-electron chi connectivity index (χ4n) is 3.46. The number of phosphoric ester groups is 1. The lowest BCUT2D eigenvalue weighted by molar-refractivity contribution is -0.870. The summed E-state index contributed by atoms with van der Waals surface area (Å²) in [6.45, 7) is 3.40. The number of likely N-dealkylation sites (N-methyl/N-ethyl adjacent to an activating group) is 1. The standard InChI is InChI=1S/C25H52NO7P/c1-5-6-7-8-9-10-11-12-13-14-15-16-17-18-20-30-22-25(31-24-27)23-33-34(28,29)32-21-19-26(2,3)4/h24-25H,5-23H2,1-4H3/t25-/m1/s1. The van der Waals surface area contributed by atoms with Crippen molar-refractivity contribution in [2.75, 3.05) is 54.1 Å². The quantitative estimate of drug-likeness (QED) is 0.0682. The number of unbranched alkanes of at least 4 members (excludes halogenated alkanes) is 13. The van der Waals surface area contributed by atoms with E-state index in [4.69, 9.17) is 18.5 Å². The molecule has 0 bridgehead atoms. The van der Waals surface area contributed by atoms with Crippen LogP contribution in [0.15, 0.2) is 0 Å². The molecule has 1 unspecified atom stereocenters. The van der Waals surface area contributed by atoms with E-state index in [0.717, 1.165) is 12.8 Å². The van der Waals surface area contributed by atoms with Crippen LogP contribution in [0.3, 0.4) is 0 Å². The first-order valence-corrected chi connectivity index (χ1v) is 14.7. The summed E-state index contributed by atoms with van der Waals surface area (Å²) in [5.41, 5.74) is 0. The van der Waals surface area contributed by atoms with Crippen LogP contribution in [0.5, 0.6) is 0 Å². The Hall–Kier alpha value is -0.500. The molecule has 0 aromatic heterocycles. The van der Waals surface area contributed by atoms with Gasteiger partial charge in [-0.25, -0.2) is 0 Å². The number of phosphoric acid groups is 1. The zero-order chi connectivity index (χ0) is 25.5. The summed E-state index contributed by atoms with van der Waals surface area (Å²) in [7, 11) is 1.36. The highest BCUT2D eigenvalue weighted by molar-refractivity contribution is 7.45. The predicted octanol–water partition coefficient (Wildman–Crippen LogP) is 5.23. The van der Waals surface area contributed by atoms with E-state index >= 15 is 0 Å². The van der Waals surface area contributed by atoms with Gasteiger partial charge in [-0.15, -0.1) is 0 Å². The molecule has 0 aromatic carbocycles. The maximum absolute atomic E-state index is 11.8. The van der Waals surface area contributed by atoms with Crippen molar-refractivity contribution in [3.8, 4) is 0 Å². The van der Waals surface area contributed by atoms with Crippen molar-refractivity contribution < 1.29 is 37.3 Å². The first kappa shape index (κ1) is 33.5. The molecule has 0 aliphatic heterocycles. The smallest absolute Gasteiger partial charge is 0.293 e. The van der Waals surface area contributed by atoms with Gasteiger partial charge in [0.05, 0.1) is 34.4 Å². The number of rotatable bonds is 26. The third kappa shape index (κ3) is 24.6. The van der Waals surface area contributed by atoms with E-state index in [2.05, 4.69) is 6.92 Å². The lowest BCUT2D eigenvalue weighted by atomic mass is 10.0. The Morgan fingerprint density at radius 2 is 1.26 bits per heavy atom. The van der Waals surface area contributed by atoms with E-state index in [-0.39, 0.29) is 26.3 Å². The normalized spacial score (nSPS) is 14.6. The monoisotopic (exact) mass is 509 g/mol. The van der Waals surface area contributed by atoms with Crippen LogP contribution in [0.1, 0.15) is 96.8 Å². The molecule has 0 aliphatic rings. The Balaban J connectivity index is 3.65. The number of carbonyl (C=O) groups is 1. The zero-order valence-electron chi connectivity index (χ0n) is 22.3. The van der Waals surface area contributed by atoms with E-state index < -0.39 is 13.9 Å². The van der Waals surface area contributed by atoms with Crippen molar-refractivity contribution >= 4 is 14.3 Å². The highest BCUT2D eigenvalue weighted by atomic mass is 31.2. The average Bonchev–Trinajstić information content (AvgIpc) is 2.76. The molecule has 2 atom stereocenters. The molecular weight excluding hydrogens is 457 g/mol. The number of nitrogens with zero attached hydrogens (tertiary/aromatic N) is 1. The molecule has 204 valence electrons. The molecule has 9 heteroatoms. The van der Waals surface area contributed by atoms with Gasteiger partial charge in [0.25, 0.3) is 14.3 Å². The minimum Gasteiger partial charge on any atom is -0.756 e. The topological polar surface area (TPSA) is 94.1 Å². The fourth-order valence-corrected chi connectivity index (χ4v) is 4.19. The average molecular weight is 510 g/mol. The summed E-state index contributed by atoms with van der Waals surface area (Å²) in [4.78, 5) is 22.5. The van der Waals surface area contributed by atoms with Crippen LogP contribution < -0.4 is 4.89 Å². The van der Waals surface area contributed by atoms with Gasteiger partial charge in [0.15, 0.2) is 0 Å². The maximum Gasteiger partial charge on any atom is 0.293 e. The van der Waals surface area contributed by atoms with Crippen molar-refractivity contribution in [1.29, 1.82) is 0 Å². The van der Waals surface area contributed by atoms with Crippen LogP contribution in [0.25, 0.3) is 0 Å². The van der Waals surface area contributed by atoms with Gasteiger partial charge in [-0.2, -0.15) is 0 Å². The highest BCUT2D eigenvalue weighted by Gasteiger charge is 2.17. The molecule has 0 radical (unpaired) electrons. The first-order chi connectivity index (χ1) is 16.2. The summed E-state index contributed by atoms with van der Waals surface area (Å²) in [6, 6.07) is 0. The molecule has 0 saturated heterocycles. The van der Waals surface area contributed by atoms with Crippen LogP contribution in [-0.2, 0) is 27.9 Å². The SMILES string of the molecule is CCCCCCCCCCCCCCCCOC[C@H](COP(=O)([O-])OCC[N+](C)(C)C)OC=O. The van der Waals surface area contributed by atoms with Crippen LogP contribution in [0.2, 0.25) is 0 Å². The number of hydrogen-bond acceptors (Lipinski definition) is 7. The molecule has 8 nitrogen and oxygen atoms in total. The van der Waals surface area contributed by atoms with E-state index in [1.54, 1.807) is 0 Å². The summed E-state index contributed by atoms with van der Waals surface area (Å²) in [5.74, 6) is 0. The van der Waals surface area contributed by atoms with Crippen LogP contribution in [0, 0.1) is 0 Å². The minimum atomic E-state index is -4.44. The fraction of sp³-hybridized carbons (Fsp3) is 0.960. The van der Waals surface area contributed by atoms with Crippen molar-refractivity contribution in [1.82, 2.24) is 0 Å². The van der Waals surface area contributed by atoms with E-state index in [1.165, 1.54) is 77.0 Å². The Morgan fingerprint density at radius 3 is 1.74 bits per heavy atom. The van der Waals surface area contributed by atoms with Crippen LogP contribution >= 0.6 is 7.82 Å². The second kappa shape index (κ2) is 21.8. The molecule has 0 spiro atoms. The number of quaternary nitrogens is 1. The van der Waals surface area contributed by atoms with Crippen molar-refractivity contribution in [2.24, 2.45) is 0 Å². The highest BCUT2D eigenvalue weighted by Crippen LogP contribution is 2.38. The second-order valence-corrected chi connectivity index (χ2v) is 11.5. The van der Waals surface area contributed by atoms with E-state index in [0.29, 0.717) is 17.6 Å². The van der Waals surface area contributed by atoms with Gasteiger partial charge in [-0.1, -0.05) is 90.4 Å². The third-order valence-corrected chi connectivity index (χ3v) is 6.59. The van der Waals surface area contributed by atoms with E-state index in [9.17, 15) is 14.3 Å². The van der Waals surface area contributed by atoms with Crippen LogP contribution in [0.4, 0.5) is 0 Å². The molecule has 0 amide bonds. The molecule has 0 rings (SSSR count). The van der Waals surface area contributed by atoms with Gasteiger partial charge in [0.2, 0.25) is 0 Å². The molecule has 0 aliphatic carbocycles. The number of hydrogen-bond donors (Lipinski definition) is 0. The van der Waals surface area contributed by atoms with Gasteiger partial charge in [0.1, 0.15) is 19.3 Å². The molecule has 34 heavy (non-hydrogen) atoms. The van der Waals surface area contributed by atoms with Crippen LogP contribution in [-0.4, -0.2) is 71.2 Å².